The third kappa shape index (κ3) is 4.78. The summed E-state index contributed by atoms with van der Waals surface area (Å²) >= 11 is 0.771. The number of hydrogen-bond donors (Lipinski definition) is 4. The maximum Gasteiger partial charge on any atom is 0.449 e. The molecule has 0 aromatic carbocycles. The molecule has 0 aliphatic carbocycles. The second-order valence-electron chi connectivity index (χ2n) is 8.32. The second kappa shape index (κ2) is 10.2. The maximum atomic E-state index is 13.8. The molecular weight excluding hydrogens is 529 g/mol. The first-order valence-corrected chi connectivity index (χ1v) is 11.2. The van der Waals surface area contributed by atoms with Crippen LogP contribution in [0.5, 0.6) is 0 Å². The molecule has 11 nitrogen and oxygen atoms in total. The Kier molecular flexibility index (Phi) is 8.34. The van der Waals surface area contributed by atoms with Gasteiger partial charge in [0.2, 0.25) is 23.3 Å². The van der Waals surface area contributed by atoms with Gasteiger partial charge in [-0.1, -0.05) is 6.07 Å². The second-order valence-corrected chi connectivity index (χ2v) is 9.27. The van der Waals surface area contributed by atoms with Crippen LogP contribution in [0.15, 0.2) is 29.3 Å². The largest absolute Gasteiger partial charge is 0.456 e. The molecule has 4 N–H and O–H groups in total. The molecule has 1 fully saturated rings. The standard InChI is InChI=1S/C22H23F3O11S/c1-9(26)16(31)17-19(32,10(2)27)21(34,12(4)29)20(33,11(3)28)18(36-17)35-15(22(23,24)25)8-13(30)14-6-5-7-37-14/h5-8,16-18,31-34H,1-4H3/t16?,17-,18?,19+,20+,21+/m1/s1. The van der Waals surface area contributed by atoms with Gasteiger partial charge in [-0.25, -0.2) is 0 Å². The number of alkyl halides is 3. The number of hydrogen-bond acceptors (Lipinski definition) is 12. The lowest BCUT2D eigenvalue weighted by molar-refractivity contribution is -0.371. The van der Waals surface area contributed by atoms with Crippen molar-refractivity contribution in [3.63, 3.8) is 0 Å². The lowest BCUT2D eigenvalue weighted by Crippen LogP contribution is -2.87. The summed E-state index contributed by atoms with van der Waals surface area (Å²) in [6.45, 7) is 2.20. The minimum atomic E-state index is -5.49. The number of thiophene rings is 1. The van der Waals surface area contributed by atoms with Crippen molar-refractivity contribution in [1.82, 2.24) is 0 Å². The van der Waals surface area contributed by atoms with Crippen molar-refractivity contribution in [1.29, 1.82) is 0 Å². The molecule has 15 heteroatoms. The summed E-state index contributed by atoms with van der Waals surface area (Å²) < 4.78 is 51.2. The molecule has 2 heterocycles. The van der Waals surface area contributed by atoms with Crippen LogP contribution in [0, 0.1) is 0 Å². The number of aliphatic hydroxyl groups is 4. The Morgan fingerprint density at radius 2 is 1.57 bits per heavy atom. The van der Waals surface area contributed by atoms with E-state index in [9.17, 15) is 57.6 Å². The molecule has 37 heavy (non-hydrogen) atoms. The quantitative estimate of drug-likeness (QED) is 0.184. The maximum absolute atomic E-state index is 13.8. The van der Waals surface area contributed by atoms with E-state index in [-0.39, 0.29) is 11.0 Å². The number of Topliss-reactive ketones (excluding diaryl/α,β-unsaturated/α-hetero) is 4. The van der Waals surface area contributed by atoms with E-state index in [4.69, 9.17) is 4.74 Å². The molecule has 204 valence electrons. The average molecular weight is 552 g/mol. The zero-order chi connectivity index (χ0) is 28.7. The van der Waals surface area contributed by atoms with Crippen molar-refractivity contribution in [2.45, 2.75) is 69.2 Å². The molecule has 1 aromatic rings. The minimum Gasteiger partial charge on any atom is -0.456 e. The monoisotopic (exact) mass is 552 g/mol. The Balaban J connectivity index is 2.84. The molecule has 1 aliphatic heterocycles. The topological polar surface area (TPSA) is 185 Å². The van der Waals surface area contributed by atoms with Crippen molar-refractivity contribution in [3.8, 4) is 0 Å². The van der Waals surface area contributed by atoms with Gasteiger partial charge in [0, 0.05) is 6.08 Å². The Hall–Kier alpha value is -2.82. The SMILES string of the molecule is CC(=O)C(O)[C@H]1OC(OC(=CC(=O)c2cccs2)C(F)(F)F)[C@@](O)(C(C)=O)[C@](O)(C(C)=O)[C@]1(O)C(C)=O. The number of ether oxygens (including phenoxy) is 2. The Bertz CT molecular complexity index is 1150. The van der Waals surface area contributed by atoms with E-state index < -0.39 is 76.2 Å². The lowest BCUT2D eigenvalue weighted by atomic mass is 9.60. The van der Waals surface area contributed by atoms with Crippen molar-refractivity contribution >= 4 is 40.3 Å². The van der Waals surface area contributed by atoms with Crippen LogP contribution in [-0.4, -0.2) is 90.8 Å². The van der Waals surface area contributed by atoms with Crippen molar-refractivity contribution < 1.29 is 67.0 Å². The van der Waals surface area contributed by atoms with Gasteiger partial charge in [0.25, 0.3) is 0 Å². The fourth-order valence-corrected chi connectivity index (χ4v) is 4.58. The van der Waals surface area contributed by atoms with E-state index in [0.717, 1.165) is 11.3 Å². The first-order chi connectivity index (χ1) is 16.8. The highest BCUT2D eigenvalue weighted by Gasteiger charge is 2.80. The summed E-state index contributed by atoms with van der Waals surface area (Å²) in [6.07, 6.45) is -13.9. The predicted octanol–water partition coefficient (Wildman–Crippen LogP) is 0.0287. The van der Waals surface area contributed by atoms with E-state index in [1.165, 1.54) is 17.5 Å². The number of carbonyl (C=O) groups excluding carboxylic acids is 5. The van der Waals surface area contributed by atoms with Gasteiger partial charge < -0.3 is 29.9 Å². The zero-order valence-electron chi connectivity index (χ0n) is 19.7. The number of ketones is 5. The smallest absolute Gasteiger partial charge is 0.449 e. The molecule has 1 aliphatic rings. The van der Waals surface area contributed by atoms with E-state index >= 15 is 0 Å². The van der Waals surface area contributed by atoms with Gasteiger partial charge in [-0.15, -0.1) is 11.3 Å². The van der Waals surface area contributed by atoms with Gasteiger partial charge in [0.1, 0.15) is 12.2 Å². The third-order valence-electron chi connectivity index (χ3n) is 5.95. The average Bonchev–Trinajstić information content (AvgIpc) is 3.32. The number of rotatable bonds is 9. The van der Waals surface area contributed by atoms with Crippen LogP contribution >= 0.6 is 11.3 Å². The molecular formula is C22H23F3O11S. The van der Waals surface area contributed by atoms with Gasteiger partial charge in [0.15, 0.2) is 34.5 Å². The van der Waals surface area contributed by atoms with Crippen molar-refractivity contribution in [3.05, 3.63) is 34.2 Å². The number of halogens is 3. The number of allylic oxidation sites excluding steroid dienone is 2. The molecule has 0 radical (unpaired) electrons. The highest BCUT2D eigenvalue weighted by atomic mass is 32.1. The van der Waals surface area contributed by atoms with Crippen LogP contribution in [0.4, 0.5) is 13.2 Å². The van der Waals surface area contributed by atoms with Crippen molar-refractivity contribution in [2.75, 3.05) is 0 Å². The summed E-state index contributed by atoms with van der Waals surface area (Å²) in [4.78, 5) is 61.7. The fraction of sp³-hybridized carbons (Fsp3) is 0.500. The van der Waals surface area contributed by atoms with E-state index in [2.05, 4.69) is 4.74 Å². The van der Waals surface area contributed by atoms with Gasteiger partial charge >= 0.3 is 6.18 Å². The van der Waals surface area contributed by atoms with Crippen LogP contribution in [-0.2, 0) is 28.7 Å². The van der Waals surface area contributed by atoms with E-state index in [1.807, 2.05) is 0 Å². The summed E-state index contributed by atoms with van der Waals surface area (Å²) in [5.74, 6) is -9.70. The van der Waals surface area contributed by atoms with Crippen LogP contribution in [0.3, 0.4) is 0 Å². The Labute approximate surface area is 211 Å². The molecule has 6 atom stereocenters. The third-order valence-corrected chi connectivity index (χ3v) is 6.84. The van der Waals surface area contributed by atoms with Gasteiger partial charge in [-0.3, -0.25) is 24.0 Å². The molecule has 0 amide bonds. The summed E-state index contributed by atoms with van der Waals surface area (Å²) in [5.41, 5.74) is -11.7. The Morgan fingerprint density at radius 1 is 1.03 bits per heavy atom. The molecule has 0 saturated carbocycles. The van der Waals surface area contributed by atoms with Gasteiger partial charge in [-0.05, 0) is 39.1 Å². The zero-order valence-corrected chi connectivity index (χ0v) is 20.5. The van der Waals surface area contributed by atoms with Crippen molar-refractivity contribution in [2.24, 2.45) is 0 Å². The number of aliphatic hydroxyl groups excluding tert-OH is 1. The fourth-order valence-electron chi connectivity index (χ4n) is 3.95. The molecule has 2 unspecified atom stereocenters. The van der Waals surface area contributed by atoms with E-state index in [0.29, 0.717) is 27.7 Å². The normalized spacial score (nSPS) is 31.4. The highest BCUT2D eigenvalue weighted by molar-refractivity contribution is 7.12. The molecule has 2 rings (SSSR count). The minimum absolute atomic E-state index is 0.0647. The lowest BCUT2D eigenvalue weighted by Gasteiger charge is -2.57. The number of carbonyl (C=O) groups is 5. The highest BCUT2D eigenvalue weighted by Crippen LogP contribution is 2.49. The van der Waals surface area contributed by atoms with Crippen LogP contribution in [0.25, 0.3) is 0 Å². The molecule has 1 aromatic heterocycles. The summed E-state index contributed by atoms with van der Waals surface area (Å²) in [7, 11) is 0. The molecule has 1 saturated heterocycles. The Morgan fingerprint density at radius 3 is 1.95 bits per heavy atom. The van der Waals surface area contributed by atoms with E-state index in [1.54, 1.807) is 0 Å². The van der Waals surface area contributed by atoms with Crippen LogP contribution in [0.2, 0.25) is 0 Å². The van der Waals surface area contributed by atoms with Gasteiger partial charge in [0.05, 0.1) is 4.88 Å². The summed E-state index contributed by atoms with van der Waals surface area (Å²) in [6, 6.07) is 2.54. The molecule has 0 spiro atoms. The first-order valence-electron chi connectivity index (χ1n) is 10.3. The predicted molar refractivity (Wildman–Crippen MR) is 116 cm³/mol. The van der Waals surface area contributed by atoms with Gasteiger partial charge in [-0.2, -0.15) is 13.2 Å². The first kappa shape index (κ1) is 30.4. The van der Waals surface area contributed by atoms with Crippen LogP contribution < -0.4 is 0 Å². The van der Waals surface area contributed by atoms with Crippen LogP contribution in [0.1, 0.15) is 37.4 Å². The summed E-state index contributed by atoms with van der Waals surface area (Å²) in [5, 5.41) is 45.4. The molecule has 0 bridgehead atoms.